The minimum atomic E-state index is -1.67. The zero-order valence-corrected chi connectivity index (χ0v) is 44.3. The Morgan fingerprint density at radius 1 is 0.493 bits per heavy atom. The zero-order chi connectivity index (χ0) is 50.4. The Bertz CT molecular complexity index is 1210. The second-order valence-corrected chi connectivity index (χ2v) is 20.3. The monoisotopic (exact) mass is 980 g/mol. The fourth-order valence-corrected chi connectivity index (χ4v) is 9.18. The maximum absolute atomic E-state index is 13.2. The lowest BCUT2D eigenvalue weighted by molar-refractivity contribution is -0.303. The highest BCUT2D eigenvalue weighted by Gasteiger charge is 2.44. The van der Waals surface area contributed by atoms with E-state index >= 15 is 0 Å². The van der Waals surface area contributed by atoms with Gasteiger partial charge in [0.25, 0.3) is 0 Å². The Labute approximate surface area is 422 Å². The summed E-state index contributed by atoms with van der Waals surface area (Å²) in [5.41, 5.74) is 0. The van der Waals surface area contributed by atoms with Crippen molar-refractivity contribution in [3.8, 4) is 0 Å². The minimum Gasteiger partial charge on any atom is -0.394 e. The van der Waals surface area contributed by atoms with Crippen molar-refractivity contribution in [1.82, 2.24) is 5.32 Å². The molecule has 0 radical (unpaired) electrons. The molecular formula is C58H109NO10. The predicted octanol–water partition coefficient (Wildman–Crippen LogP) is 11.9. The van der Waals surface area contributed by atoms with Crippen molar-refractivity contribution in [3.05, 3.63) is 36.5 Å². The first-order valence-electron chi connectivity index (χ1n) is 28.9. The van der Waals surface area contributed by atoms with Crippen LogP contribution in [0.15, 0.2) is 36.5 Å². The number of aliphatic hydroxyl groups is 7. The number of hydrogen-bond acceptors (Lipinski definition) is 10. The average Bonchev–Trinajstić information content (AvgIpc) is 3.35. The van der Waals surface area contributed by atoms with Gasteiger partial charge in [-0.15, -0.1) is 0 Å². The van der Waals surface area contributed by atoms with Gasteiger partial charge in [0, 0.05) is 0 Å². The average molecular weight is 981 g/mol. The molecule has 1 rings (SSSR count). The van der Waals surface area contributed by atoms with E-state index in [1.165, 1.54) is 167 Å². The van der Waals surface area contributed by atoms with Gasteiger partial charge >= 0.3 is 0 Å². The number of aliphatic hydroxyl groups excluding tert-OH is 7. The molecular weight excluding hydrogens is 871 g/mol. The molecule has 1 aliphatic rings. The molecule has 0 aromatic rings. The van der Waals surface area contributed by atoms with E-state index in [-0.39, 0.29) is 12.8 Å². The number of carbonyl (C=O) groups is 1. The molecule has 0 bridgehead atoms. The first-order valence-corrected chi connectivity index (χ1v) is 28.9. The molecule has 0 saturated carbocycles. The van der Waals surface area contributed by atoms with Crippen LogP contribution in [-0.2, 0) is 14.3 Å². The van der Waals surface area contributed by atoms with Crippen molar-refractivity contribution >= 4 is 5.91 Å². The highest BCUT2D eigenvalue weighted by Crippen LogP contribution is 2.23. The standard InChI is InChI=1S/C58H109NO10/c1-3-5-7-9-11-13-15-17-19-21-23-25-26-28-30-32-34-36-38-40-42-44-46-51(62)57(67)59-49(48-68-58-56(66)55(65)54(64)52(47-60)69-58)53(63)50(61)45-43-41-39-37-35-33-31-29-27-24-22-20-18-16-14-12-10-8-6-4-2/h20,22,29,31,37,39,49-56,58,60-66H,3-19,21,23-28,30,32-36,38,40-48H2,1-2H3,(H,59,67)/b22-20+,31-29+,39-37+. The van der Waals surface area contributed by atoms with Crippen molar-refractivity contribution in [2.75, 3.05) is 13.2 Å². The van der Waals surface area contributed by atoms with E-state index in [0.717, 1.165) is 44.9 Å². The number of unbranched alkanes of at least 4 members (excludes halogenated alkanes) is 31. The summed E-state index contributed by atoms with van der Waals surface area (Å²) in [6, 6.07) is -1.19. The summed E-state index contributed by atoms with van der Waals surface area (Å²) in [6.07, 6.45) is 46.2. The lowest BCUT2D eigenvalue weighted by Crippen LogP contribution is -2.60. The maximum atomic E-state index is 13.2. The van der Waals surface area contributed by atoms with Gasteiger partial charge in [-0.25, -0.2) is 0 Å². The van der Waals surface area contributed by atoms with Gasteiger partial charge in [0.2, 0.25) is 5.91 Å². The van der Waals surface area contributed by atoms with Crippen LogP contribution < -0.4 is 5.32 Å². The van der Waals surface area contributed by atoms with Crippen molar-refractivity contribution < 1.29 is 50.0 Å². The number of rotatable bonds is 49. The number of amides is 1. The van der Waals surface area contributed by atoms with Gasteiger partial charge in [-0.1, -0.05) is 230 Å². The van der Waals surface area contributed by atoms with Crippen LogP contribution in [0, 0.1) is 0 Å². The van der Waals surface area contributed by atoms with E-state index in [0.29, 0.717) is 19.3 Å². The van der Waals surface area contributed by atoms with E-state index in [1.54, 1.807) is 0 Å². The van der Waals surface area contributed by atoms with Crippen molar-refractivity contribution in [2.45, 2.75) is 313 Å². The summed E-state index contributed by atoms with van der Waals surface area (Å²) in [4.78, 5) is 13.2. The first-order chi connectivity index (χ1) is 33.7. The number of ether oxygens (including phenoxy) is 2. The van der Waals surface area contributed by atoms with Gasteiger partial charge in [0.15, 0.2) is 6.29 Å². The largest absolute Gasteiger partial charge is 0.394 e. The summed E-state index contributed by atoms with van der Waals surface area (Å²) < 4.78 is 11.1. The van der Waals surface area contributed by atoms with Gasteiger partial charge in [0.1, 0.15) is 36.6 Å². The lowest BCUT2D eigenvalue weighted by atomic mass is 9.98. The van der Waals surface area contributed by atoms with E-state index in [1.807, 2.05) is 0 Å². The molecule has 1 amide bonds. The van der Waals surface area contributed by atoms with Crippen LogP contribution in [0.4, 0.5) is 0 Å². The van der Waals surface area contributed by atoms with Gasteiger partial charge in [-0.05, 0) is 64.2 Å². The van der Waals surface area contributed by atoms with Crippen LogP contribution in [0.3, 0.4) is 0 Å². The maximum Gasteiger partial charge on any atom is 0.249 e. The Hall–Kier alpha value is -1.67. The number of hydrogen-bond donors (Lipinski definition) is 8. The fourth-order valence-electron chi connectivity index (χ4n) is 9.18. The van der Waals surface area contributed by atoms with E-state index < -0.39 is 74.2 Å². The molecule has 11 nitrogen and oxygen atoms in total. The van der Waals surface area contributed by atoms with E-state index in [9.17, 15) is 40.5 Å². The smallest absolute Gasteiger partial charge is 0.249 e. The molecule has 0 aromatic heterocycles. The highest BCUT2D eigenvalue weighted by atomic mass is 16.7. The molecule has 1 heterocycles. The molecule has 0 aliphatic carbocycles. The van der Waals surface area contributed by atoms with Crippen molar-refractivity contribution in [1.29, 1.82) is 0 Å². The molecule has 1 aliphatic heterocycles. The fraction of sp³-hybridized carbons (Fsp3) is 0.879. The molecule has 0 aromatic carbocycles. The SMILES string of the molecule is CCCCCCCCC/C=C/CC/C=C/CC/C=C/CCCC(O)C(O)C(COC1OC(CO)C(O)C(O)C1O)NC(=O)C(O)CCCCCCCCCCCCCCCCCCCCCCCC. The number of carbonyl (C=O) groups excluding carboxylic acids is 1. The van der Waals surface area contributed by atoms with Crippen LogP contribution in [0.2, 0.25) is 0 Å². The van der Waals surface area contributed by atoms with Crippen LogP contribution in [-0.4, -0.2) is 110 Å². The summed E-state index contributed by atoms with van der Waals surface area (Å²) in [5.74, 6) is -0.709. The van der Waals surface area contributed by atoms with E-state index in [4.69, 9.17) is 9.47 Å². The van der Waals surface area contributed by atoms with Gasteiger partial charge in [-0.2, -0.15) is 0 Å². The third-order valence-corrected chi connectivity index (χ3v) is 13.9. The zero-order valence-electron chi connectivity index (χ0n) is 44.3. The molecule has 11 heteroatoms. The quantitative estimate of drug-likeness (QED) is 0.0215. The third kappa shape index (κ3) is 36.0. The summed E-state index contributed by atoms with van der Waals surface area (Å²) in [7, 11) is 0. The summed E-state index contributed by atoms with van der Waals surface area (Å²) >= 11 is 0. The van der Waals surface area contributed by atoms with Crippen LogP contribution >= 0.6 is 0 Å². The second kappa shape index (κ2) is 47.3. The molecule has 1 saturated heterocycles. The molecule has 8 N–H and O–H groups in total. The first kappa shape index (κ1) is 65.3. The topological polar surface area (TPSA) is 189 Å². The van der Waals surface area contributed by atoms with Crippen molar-refractivity contribution in [3.63, 3.8) is 0 Å². The molecule has 406 valence electrons. The molecule has 0 spiro atoms. The third-order valence-electron chi connectivity index (χ3n) is 13.9. The predicted molar refractivity (Wildman–Crippen MR) is 284 cm³/mol. The molecule has 9 atom stereocenters. The minimum absolute atomic E-state index is 0.242. The Morgan fingerprint density at radius 3 is 1.29 bits per heavy atom. The second-order valence-electron chi connectivity index (χ2n) is 20.3. The Balaban J connectivity index is 2.35. The van der Waals surface area contributed by atoms with Crippen LogP contribution in [0.25, 0.3) is 0 Å². The Kier molecular flexibility index (Phi) is 44.8. The normalized spacial score (nSPS) is 20.6. The van der Waals surface area contributed by atoms with Gasteiger partial charge < -0.3 is 50.5 Å². The lowest BCUT2D eigenvalue weighted by Gasteiger charge is -2.40. The molecule has 9 unspecified atom stereocenters. The summed E-state index contributed by atoms with van der Waals surface area (Å²) in [6.45, 7) is 3.45. The number of nitrogens with one attached hydrogen (secondary N) is 1. The summed E-state index contributed by atoms with van der Waals surface area (Å²) in [5, 5.41) is 76.1. The number of allylic oxidation sites excluding steroid dienone is 6. The molecule has 1 fully saturated rings. The van der Waals surface area contributed by atoms with Gasteiger partial charge in [-0.3, -0.25) is 4.79 Å². The van der Waals surface area contributed by atoms with E-state index in [2.05, 4.69) is 55.6 Å². The van der Waals surface area contributed by atoms with Crippen LogP contribution in [0.5, 0.6) is 0 Å². The highest BCUT2D eigenvalue weighted by molar-refractivity contribution is 5.80. The Morgan fingerprint density at radius 2 is 0.870 bits per heavy atom. The van der Waals surface area contributed by atoms with Gasteiger partial charge in [0.05, 0.1) is 25.4 Å². The van der Waals surface area contributed by atoms with Crippen molar-refractivity contribution in [2.24, 2.45) is 0 Å². The van der Waals surface area contributed by atoms with Crippen LogP contribution in [0.1, 0.15) is 258 Å². The molecule has 69 heavy (non-hydrogen) atoms.